The molecule has 0 saturated heterocycles. The molecule has 0 rings (SSSR count). The molecule has 0 saturated carbocycles. The minimum absolute atomic E-state index is 0.0833. The van der Waals surface area contributed by atoms with Crippen LogP contribution in [-0.4, -0.2) is 23.4 Å². The Labute approximate surface area is 83.3 Å². The van der Waals surface area contributed by atoms with E-state index in [2.05, 4.69) is 20.8 Å². The highest BCUT2D eigenvalue weighted by atomic mass is 16.5. The van der Waals surface area contributed by atoms with Crippen LogP contribution in [-0.2, 0) is 4.74 Å². The first-order valence-corrected chi connectivity index (χ1v) is 4.96. The quantitative estimate of drug-likeness (QED) is 0.741. The smallest absolute Gasteiger partial charge is 0.0620 e. The van der Waals surface area contributed by atoms with Crippen LogP contribution < -0.4 is 0 Å². The molecule has 2 heteroatoms. The van der Waals surface area contributed by atoms with Crippen molar-refractivity contribution in [1.82, 2.24) is 0 Å². The Kier molecular flexibility index (Phi) is 7.56. The molecular formula is C11H26O2. The van der Waals surface area contributed by atoms with Gasteiger partial charge in [-0.1, -0.05) is 13.8 Å². The van der Waals surface area contributed by atoms with E-state index < -0.39 is 5.60 Å². The second-order valence-electron chi connectivity index (χ2n) is 4.48. The maximum atomic E-state index is 8.83. The molecule has 0 spiro atoms. The molecule has 13 heavy (non-hydrogen) atoms. The van der Waals surface area contributed by atoms with E-state index in [1.54, 1.807) is 21.0 Å². The van der Waals surface area contributed by atoms with Crippen molar-refractivity contribution in [3.8, 4) is 0 Å². The average molecular weight is 190 g/mol. The summed E-state index contributed by atoms with van der Waals surface area (Å²) in [4.78, 5) is 0. The number of methoxy groups -OCH3 is 1. The zero-order valence-electron chi connectivity index (χ0n) is 10.3. The van der Waals surface area contributed by atoms with Crippen LogP contribution >= 0.6 is 0 Å². The fourth-order valence-corrected chi connectivity index (χ4v) is 0.144. The standard InChI is InChI=1S/C6H14O.C5H12O/c1-5-6(2,3)7-4;1-4-5(2,3)6/h5H2,1-4H3;6H,4H2,1-3H3. The van der Waals surface area contributed by atoms with E-state index >= 15 is 0 Å². The van der Waals surface area contributed by atoms with Crippen LogP contribution in [0.3, 0.4) is 0 Å². The minimum Gasteiger partial charge on any atom is -0.390 e. The SMILES string of the molecule is CCC(C)(C)O.CCC(C)(C)OC. The predicted molar refractivity (Wildman–Crippen MR) is 58.0 cm³/mol. The van der Waals surface area contributed by atoms with E-state index in [1.165, 1.54) is 0 Å². The molecule has 1 N–H and O–H groups in total. The van der Waals surface area contributed by atoms with Gasteiger partial charge in [0.25, 0.3) is 0 Å². The summed E-state index contributed by atoms with van der Waals surface area (Å²) in [6.45, 7) is 11.8. The number of hydrogen-bond acceptors (Lipinski definition) is 2. The minimum atomic E-state index is -0.458. The fourth-order valence-electron chi connectivity index (χ4n) is 0.144. The summed E-state index contributed by atoms with van der Waals surface area (Å²) in [6.07, 6.45) is 1.90. The van der Waals surface area contributed by atoms with Gasteiger partial charge in [0.2, 0.25) is 0 Å². The summed E-state index contributed by atoms with van der Waals surface area (Å²) >= 11 is 0. The summed E-state index contributed by atoms with van der Waals surface area (Å²) in [5.74, 6) is 0. The number of aliphatic hydroxyl groups is 1. The highest BCUT2D eigenvalue weighted by Crippen LogP contribution is 2.10. The third-order valence-electron chi connectivity index (χ3n) is 2.27. The number of rotatable bonds is 3. The van der Waals surface area contributed by atoms with Gasteiger partial charge >= 0.3 is 0 Å². The Bertz CT molecular complexity index is 106. The Morgan fingerprint density at radius 2 is 1.31 bits per heavy atom. The monoisotopic (exact) mass is 190 g/mol. The van der Waals surface area contributed by atoms with Gasteiger partial charge in [0.05, 0.1) is 11.2 Å². The van der Waals surface area contributed by atoms with Crippen molar-refractivity contribution in [3.63, 3.8) is 0 Å². The molecule has 0 aliphatic carbocycles. The summed E-state index contributed by atoms with van der Waals surface area (Å²) in [5, 5.41) is 8.83. The van der Waals surface area contributed by atoms with Gasteiger partial charge in [-0.2, -0.15) is 0 Å². The first-order chi connectivity index (χ1) is 5.68. The van der Waals surface area contributed by atoms with Crippen LogP contribution in [0.2, 0.25) is 0 Å². The van der Waals surface area contributed by atoms with E-state index in [1.807, 2.05) is 6.92 Å². The second-order valence-corrected chi connectivity index (χ2v) is 4.48. The lowest BCUT2D eigenvalue weighted by molar-refractivity contribution is 0.0196. The molecule has 0 bridgehead atoms. The lowest BCUT2D eigenvalue weighted by Gasteiger charge is -2.19. The molecule has 0 radical (unpaired) electrons. The second kappa shape index (κ2) is 6.39. The Balaban J connectivity index is 0. The van der Waals surface area contributed by atoms with E-state index in [0.717, 1.165) is 12.8 Å². The van der Waals surface area contributed by atoms with Crippen LogP contribution in [0.5, 0.6) is 0 Å². The third kappa shape index (κ3) is 14.7. The van der Waals surface area contributed by atoms with Gasteiger partial charge in [-0.05, 0) is 40.5 Å². The molecule has 0 aromatic rings. The van der Waals surface area contributed by atoms with Crippen molar-refractivity contribution >= 4 is 0 Å². The molecular weight excluding hydrogens is 164 g/mol. The van der Waals surface area contributed by atoms with Crippen LogP contribution in [0.1, 0.15) is 54.4 Å². The first kappa shape index (κ1) is 15.4. The van der Waals surface area contributed by atoms with Crippen LogP contribution in [0, 0.1) is 0 Å². The predicted octanol–water partition coefficient (Wildman–Crippen LogP) is 2.99. The molecule has 0 aromatic heterocycles. The van der Waals surface area contributed by atoms with Gasteiger partial charge in [-0.3, -0.25) is 0 Å². The Morgan fingerprint density at radius 1 is 1.00 bits per heavy atom. The molecule has 0 unspecified atom stereocenters. The van der Waals surface area contributed by atoms with Crippen molar-refractivity contribution in [2.45, 2.75) is 65.6 Å². The van der Waals surface area contributed by atoms with Gasteiger partial charge in [-0.25, -0.2) is 0 Å². The molecule has 0 heterocycles. The zero-order chi connectivity index (χ0) is 11.1. The highest BCUT2D eigenvalue weighted by molar-refractivity contribution is 4.62. The topological polar surface area (TPSA) is 29.5 Å². The summed E-state index contributed by atoms with van der Waals surface area (Å²) in [7, 11) is 1.74. The van der Waals surface area contributed by atoms with Gasteiger partial charge in [0, 0.05) is 7.11 Å². The van der Waals surface area contributed by atoms with E-state index in [0.29, 0.717) is 0 Å². The summed E-state index contributed by atoms with van der Waals surface area (Å²) in [6, 6.07) is 0. The Morgan fingerprint density at radius 3 is 1.31 bits per heavy atom. The van der Waals surface area contributed by atoms with Crippen molar-refractivity contribution in [1.29, 1.82) is 0 Å². The van der Waals surface area contributed by atoms with Gasteiger partial charge in [0.1, 0.15) is 0 Å². The van der Waals surface area contributed by atoms with Crippen molar-refractivity contribution in [2.75, 3.05) is 7.11 Å². The fraction of sp³-hybridized carbons (Fsp3) is 1.00. The number of hydrogen-bond donors (Lipinski definition) is 1. The van der Waals surface area contributed by atoms with Crippen LogP contribution in [0.15, 0.2) is 0 Å². The molecule has 0 atom stereocenters. The summed E-state index contributed by atoms with van der Waals surface area (Å²) in [5.41, 5.74) is -0.375. The van der Waals surface area contributed by atoms with E-state index in [9.17, 15) is 0 Å². The molecule has 82 valence electrons. The molecule has 0 aliphatic rings. The summed E-state index contributed by atoms with van der Waals surface area (Å²) < 4.78 is 5.09. The van der Waals surface area contributed by atoms with Crippen LogP contribution in [0.25, 0.3) is 0 Å². The third-order valence-corrected chi connectivity index (χ3v) is 2.27. The van der Waals surface area contributed by atoms with Crippen molar-refractivity contribution < 1.29 is 9.84 Å². The normalized spacial score (nSPS) is 12.0. The van der Waals surface area contributed by atoms with Crippen molar-refractivity contribution in [2.24, 2.45) is 0 Å². The average Bonchev–Trinajstić information content (AvgIpc) is 2.04. The number of ether oxygens (including phenoxy) is 1. The highest BCUT2D eigenvalue weighted by Gasteiger charge is 2.10. The lowest BCUT2D eigenvalue weighted by atomic mass is 10.1. The maximum Gasteiger partial charge on any atom is 0.0620 e. The molecule has 0 amide bonds. The largest absolute Gasteiger partial charge is 0.390 e. The molecule has 0 aliphatic heterocycles. The molecule has 2 nitrogen and oxygen atoms in total. The van der Waals surface area contributed by atoms with E-state index in [-0.39, 0.29) is 5.60 Å². The van der Waals surface area contributed by atoms with Crippen molar-refractivity contribution in [3.05, 3.63) is 0 Å². The van der Waals surface area contributed by atoms with Crippen LogP contribution in [0.4, 0.5) is 0 Å². The molecule has 0 aromatic carbocycles. The Hall–Kier alpha value is -0.0800. The zero-order valence-corrected chi connectivity index (χ0v) is 10.3. The van der Waals surface area contributed by atoms with Gasteiger partial charge in [0.15, 0.2) is 0 Å². The lowest BCUT2D eigenvalue weighted by Crippen LogP contribution is -2.20. The van der Waals surface area contributed by atoms with E-state index in [4.69, 9.17) is 9.84 Å². The molecule has 0 fully saturated rings. The van der Waals surface area contributed by atoms with Gasteiger partial charge < -0.3 is 9.84 Å². The van der Waals surface area contributed by atoms with Gasteiger partial charge in [-0.15, -0.1) is 0 Å². The maximum absolute atomic E-state index is 8.83. The first-order valence-electron chi connectivity index (χ1n) is 4.96.